The predicted molar refractivity (Wildman–Crippen MR) is 54.4 cm³/mol. The molecule has 3 nitrogen and oxygen atoms in total. The Balaban J connectivity index is 2.95. The molecular weight excluding hydrogens is 180 g/mol. The molecule has 0 spiro atoms. The summed E-state index contributed by atoms with van der Waals surface area (Å²) in [5.41, 5.74) is 0.301. The van der Waals surface area contributed by atoms with Crippen LogP contribution in [-0.4, -0.2) is 25.9 Å². The molecule has 1 unspecified atom stereocenters. The van der Waals surface area contributed by atoms with Crippen molar-refractivity contribution in [2.75, 3.05) is 20.8 Å². The van der Waals surface area contributed by atoms with Crippen molar-refractivity contribution in [3.05, 3.63) is 29.8 Å². The number of aliphatic hydroxyl groups excluding tert-OH is 1. The van der Waals surface area contributed by atoms with E-state index in [9.17, 15) is 5.11 Å². The van der Waals surface area contributed by atoms with E-state index in [1.807, 2.05) is 31.2 Å². The number of benzene rings is 1. The Morgan fingerprint density at radius 1 is 1.21 bits per heavy atom. The minimum atomic E-state index is -0.633. The van der Waals surface area contributed by atoms with E-state index < -0.39 is 5.60 Å². The van der Waals surface area contributed by atoms with Crippen LogP contribution >= 0.6 is 0 Å². The van der Waals surface area contributed by atoms with Gasteiger partial charge in [-0.15, -0.1) is 0 Å². The molecule has 0 fully saturated rings. The van der Waals surface area contributed by atoms with Crippen molar-refractivity contribution in [1.29, 1.82) is 0 Å². The lowest BCUT2D eigenvalue weighted by Gasteiger charge is -2.26. The molecule has 1 aromatic carbocycles. The Kier molecular flexibility index (Phi) is 3.49. The first-order valence-corrected chi connectivity index (χ1v) is 4.47. The summed E-state index contributed by atoms with van der Waals surface area (Å²) in [5.74, 6) is 0.796. The fraction of sp³-hybridized carbons (Fsp3) is 0.455. The zero-order chi connectivity index (χ0) is 10.6. The molecule has 0 aliphatic carbocycles. The van der Waals surface area contributed by atoms with Crippen LogP contribution in [0.4, 0.5) is 0 Å². The second kappa shape index (κ2) is 4.44. The van der Waals surface area contributed by atoms with Crippen molar-refractivity contribution in [1.82, 2.24) is 0 Å². The van der Waals surface area contributed by atoms with Gasteiger partial charge in [0.15, 0.2) is 0 Å². The zero-order valence-corrected chi connectivity index (χ0v) is 8.78. The molecule has 0 aliphatic heterocycles. The summed E-state index contributed by atoms with van der Waals surface area (Å²) in [7, 11) is 3.21. The summed E-state index contributed by atoms with van der Waals surface area (Å²) in [4.78, 5) is 0. The van der Waals surface area contributed by atoms with Crippen LogP contribution < -0.4 is 4.74 Å². The van der Waals surface area contributed by atoms with Crippen molar-refractivity contribution in [3.8, 4) is 5.75 Å². The molecule has 0 aromatic heterocycles. The maximum Gasteiger partial charge on any atom is 0.118 e. The number of hydrogen-bond acceptors (Lipinski definition) is 3. The molecule has 0 amide bonds. The highest BCUT2D eigenvalue weighted by Crippen LogP contribution is 2.25. The summed E-state index contributed by atoms with van der Waals surface area (Å²) in [6.45, 7) is 1.80. The van der Waals surface area contributed by atoms with Gasteiger partial charge in [-0.05, 0) is 24.6 Å². The first-order valence-electron chi connectivity index (χ1n) is 4.47. The maximum absolute atomic E-state index is 9.21. The average Bonchev–Trinajstić information content (AvgIpc) is 2.28. The number of ether oxygens (including phenoxy) is 2. The fourth-order valence-corrected chi connectivity index (χ4v) is 1.22. The van der Waals surface area contributed by atoms with Crippen LogP contribution in [0.25, 0.3) is 0 Å². The highest BCUT2D eigenvalue weighted by molar-refractivity contribution is 5.30. The molecule has 78 valence electrons. The molecule has 0 saturated heterocycles. The minimum absolute atomic E-state index is 0.0458. The van der Waals surface area contributed by atoms with E-state index >= 15 is 0 Å². The normalized spacial score (nSPS) is 14.9. The Morgan fingerprint density at radius 2 is 1.79 bits per heavy atom. The third-order valence-electron chi connectivity index (χ3n) is 2.45. The third kappa shape index (κ3) is 2.05. The lowest BCUT2D eigenvalue weighted by atomic mass is 9.97. The minimum Gasteiger partial charge on any atom is -0.497 e. The van der Waals surface area contributed by atoms with Crippen molar-refractivity contribution < 1.29 is 14.6 Å². The van der Waals surface area contributed by atoms with E-state index in [-0.39, 0.29) is 6.61 Å². The standard InChI is InChI=1S/C11H16O3/c1-11(8-12,14-3)9-4-6-10(13-2)7-5-9/h4-7,12H,8H2,1-3H3. The van der Waals surface area contributed by atoms with Crippen LogP contribution in [0.3, 0.4) is 0 Å². The Morgan fingerprint density at radius 3 is 2.14 bits per heavy atom. The van der Waals surface area contributed by atoms with Crippen molar-refractivity contribution >= 4 is 0 Å². The highest BCUT2D eigenvalue weighted by atomic mass is 16.5. The van der Waals surface area contributed by atoms with Gasteiger partial charge in [-0.25, -0.2) is 0 Å². The molecule has 0 radical (unpaired) electrons. The lowest BCUT2D eigenvalue weighted by molar-refractivity contribution is -0.0422. The maximum atomic E-state index is 9.21. The quantitative estimate of drug-likeness (QED) is 0.794. The third-order valence-corrected chi connectivity index (χ3v) is 2.45. The van der Waals surface area contributed by atoms with Gasteiger partial charge in [0.1, 0.15) is 11.4 Å². The first kappa shape index (κ1) is 11.0. The second-order valence-electron chi connectivity index (χ2n) is 3.32. The van der Waals surface area contributed by atoms with Crippen LogP contribution in [0, 0.1) is 0 Å². The largest absolute Gasteiger partial charge is 0.497 e. The van der Waals surface area contributed by atoms with Gasteiger partial charge in [0.05, 0.1) is 13.7 Å². The molecule has 0 aliphatic rings. The van der Waals surface area contributed by atoms with E-state index in [4.69, 9.17) is 9.47 Å². The van der Waals surface area contributed by atoms with Gasteiger partial charge in [-0.1, -0.05) is 12.1 Å². The summed E-state index contributed by atoms with van der Waals surface area (Å²) in [6, 6.07) is 7.47. The lowest BCUT2D eigenvalue weighted by Crippen LogP contribution is -2.28. The van der Waals surface area contributed by atoms with Crippen LogP contribution in [0.15, 0.2) is 24.3 Å². The Labute approximate surface area is 84.3 Å². The topological polar surface area (TPSA) is 38.7 Å². The monoisotopic (exact) mass is 196 g/mol. The van der Waals surface area contributed by atoms with Gasteiger partial charge in [-0.3, -0.25) is 0 Å². The summed E-state index contributed by atoms with van der Waals surface area (Å²) < 4.78 is 10.3. The zero-order valence-electron chi connectivity index (χ0n) is 8.78. The molecule has 0 saturated carbocycles. The van der Waals surface area contributed by atoms with Crippen molar-refractivity contribution in [2.24, 2.45) is 0 Å². The van der Waals surface area contributed by atoms with Crippen LogP contribution in [0.1, 0.15) is 12.5 Å². The van der Waals surface area contributed by atoms with Gasteiger partial charge >= 0.3 is 0 Å². The molecule has 1 atom stereocenters. The molecular formula is C11H16O3. The molecule has 0 heterocycles. The van der Waals surface area contributed by atoms with Crippen molar-refractivity contribution in [3.63, 3.8) is 0 Å². The van der Waals surface area contributed by atoms with E-state index in [0.717, 1.165) is 11.3 Å². The molecule has 1 rings (SSSR count). The van der Waals surface area contributed by atoms with E-state index in [0.29, 0.717) is 0 Å². The van der Waals surface area contributed by atoms with E-state index in [1.165, 1.54) is 0 Å². The summed E-state index contributed by atoms with van der Waals surface area (Å²) in [6.07, 6.45) is 0. The Hall–Kier alpha value is -1.06. The van der Waals surface area contributed by atoms with Gasteiger partial charge in [0, 0.05) is 7.11 Å². The fourth-order valence-electron chi connectivity index (χ4n) is 1.22. The smallest absolute Gasteiger partial charge is 0.118 e. The van der Waals surface area contributed by atoms with Crippen LogP contribution in [-0.2, 0) is 10.3 Å². The van der Waals surface area contributed by atoms with Crippen LogP contribution in [0.2, 0.25) is 0 Å². The molecule has 3 heteroatoms. The highest BCUT2D eigenvalue weighted by Gasteiger charge is 2.24. The number of hydrogen-bond donors (Lipinski definition) is 1. The second-order valence-corrected chi connectivity index (χ2v) is 3.32. The van der Waals surface area contributed by atoms with E-state index in [2.05, 4.69) is 0 Å². The van der Waals surface area contributed by atoms with Gasteiger partial charge in [0.2, 0.25) is 0 Å². The number of aliphatic hydroxyl groups is 1. The molecule has 0 bridgehead atoms. The average molecular weight is 196 g/mol. The van der Waals surface area contributed by atoms with Gasteiger partial charge < -0.3 is 14.6 Å². The molecule has 1 aromatic rings. The van der Waals surface area contributed by atoms with E-state index in [1.54, 1.807) is 14.2 Å². The molecule has 1 N–H and O–H groups in total. The van der Waals surface area contributed by atoms with Crippen LogP contribution in [0.5, 0.6) is 5.75 Å². The number of methoxy groups -OCH3 is 2. The summed E-state index contributed by atoms with van der Waals surface area (Å²) >= 11 is 0. The van der Waals surface area contributed by atoms with Gasteiger partial charge in [0.25, 0.3) is 0 Å². The number of rotatable bonds is 4. The summed E-state index contributed by atoms with van der Waals surface area (Å²) in [5, 5.41) is 9.21. The molecule has 14 heavy (non-hydrogen) atoms. The predicted octanol–water partition coefficient (Wildman–Crippen LogP) is 1.55. The van der Waals surface area contributed by atoms with Gasteiger partial charge in [-0.2, -0.15) is 0 Å². The Bertz CT molecular complexity index is 275. The van der Waals surface area contributed by atoms with Crippen molar-refractivity contribution in [2.45, 2.75) is 12.5 Å². The SMILES string of the molecule is COc1ccc(C(C)(CO)OC)cc1. The first-order chi connectivity index (χ1) is 6.66.